The molecule has 0 spiro atoms. The van der Waals surface area contributed by atoms with Crippen molar-refractivity contribution in [1.82, 2.24) is 0 Å². The van der Waals surface area contributed by atoms with Gasteiger partial charge in [-0.1, -0.05) is 0 Å². The molecule has 2 aromatic carbocycles. The second-order valence-electron chi connectivity index (χ2n) is 4.39. The molecule has 11 heteroatoms. The molecule has 0 radical (unpaired) electrons. The van der Waals surface area contributed by atoms with Crippen LogP contribution in [0.3, 0.4) is 0 Å². The molecule has 0 bridgehead atoms. The van der Waals surface area contributed by atoms with E-state index in [0.717, 1.165) is 0 Å². The fraction of sp³-hybridized carbons (Fsp3) is 0. The van der Waals surface area contributed by atoms with Crippen LogP contribution in [0.2, 0.25) is 0 Å². The molecule has 0 unspecified atom stereocenters. The molecule has 2 rings (SSSR count). The Labute approximate surface area is 178 Å². The minimum atomic E-state index is -2.45. The quantitative estimate of drug-likeness (QED) is 0.162. The predicted molar refractivity (Wildman–Crippen MR) is 100 cm³/mol. The van der Waals surface area contributed by atoms with Gasteiger partial charge in [-0.05, 0) is 79.9 Å². The molecule has 132 valence electrons. The normalized spacial score (nSPS) is 10.7. The van der Waals surface area contributed by atoms with Gasteiger partial charge in [-0.25, -0.2) is 13.6 Å². The maximum absolute atomic E-state index is 13.8. The molecule has 0 aliphatic carbocycles. The molecule has 0 atom stereocenters. The lowest BCUT2D eigenvalue weighted by Gasteiger charge is -2.13. The summed E-state index contributed by atoms with van der Waals surface area (Å²) < 4.78 is 61.0. The Morgan fingerprint density at radius 2 is 1.44 bits per heavy atom. The van der Waals surface area contributed by atoms with Crippen molar-refractivity contribution in [3.05, 3.63) is 57.2 Å². The zero-order valence-electron chi connectivity index (χ0n) is 11.4. The topological polar surface area (TPSA) is 66.4 Å². The summed E-state index contributed by atoms with van der Waals surface area (Å²) in [6, 6.07) is 3.07. The minimum absolute atomic E-state index is 0.0829. The third-order valence-corrected chi connectivity index (χ3v) is 6.50. The fourth-order valence-electron chi connectivity index (χ4n) is 1.73. The lowest BCUT2D eigenvalue weighted by atomic mass is 10.1. The van der Waals surface area contributed by atoms with E-state index in [-0.39, 0.29) is 5.56 Å². The van der Waals surface area contributed by atoms with Gasteiger partial charge in [0.1, 0.15) is 0 Å². The molecule has 0 saturated carbocycles. The van der Waals surface area contributed by atoms with Crippen LogP contribution in [-0.2, 0) is 0 Å². The minimum Gasteiger partial charge on any atom is -0.545 e. The number of esters is 1. The third kappa shape index (κ3) is 4.01. The van der Waals surface area contributed by atoms with E-state index >= 15 is 0 Å². The molecule has 4 nitrogen and oxygen atoms in total. The van der Waals surface area contributed by atoms with Crippen LogP contribution in [0, 0.1) is 34.0 Å². The van der Waals surface area contributed by atoms with Gasteiger partial charge in [-0.15, -0.1) is 0 Å². The van der Waals surface area contributed by atoms with Crippen LogP contribution in [0.25, 0.3) is 0 Å². The van der Waals surface area contributed by atoms with Gasteiger partial charge < -0.3 is 14.6 Å². The van der Waals surface area contributed by atoms with E-state index in [1.165, 1.54) is 6.07 Å². The lowest BCUT2D eigenvalue weighted by molar-refractivity contribution is -0.255. The Hall–Kier alpha value is -0.710. The van der Waals surface area contributed by atoms with Crippen molar-refractivity contribution in [3.8, 4) is 5.75 Å². The summed E-state index contributed by atoms with van der Waals surface area (Å²) in [7, 11) is 0. The zero-order chi connectivity index (χ0) is 19.0. The van der Waals surface area contributed by atoms with Crippen molar-refractivity contribution >= 4 is 79.7 Å². The van der Waals surface area contributed by atoms with E-state index in [0.29, 0.717) is 10.7 Å². The van der Waals surface area contributed by atoms with Gasteiger partial charge in [-0.3, -0.25) is 0 Å². The fourth-order valence-corrected chi connectivity index (χ4v) is 4.11. The number of hydrogen-bond donors (Lipinski definition) is 0. The van der Waals surface area contributed by atoms with Crippen molar-refractivity contribution in [3.63, 3.8) is 0 Å². The van der Waals surface area contributed by atoms with Gasteiger partial charge in [0.15, 0.2) is 11.6 Å². The van der Waals surface area contributed by atoms with Crippen molar-refractivity contribution in [2.45, 2.75) is 0 Å². The summed E-state index contributed by atoms with van der Waals surface area (Å²) in [5, 5.41) is 10.6. The van der Waals surface area contributed by atoms with Crippen LogP contribution in [0.5, 0.6) is 5.75 Å². The Balaban J connectivity index is 2.55. The van der Waals surface area contributed by atoms with E-state index < -0.39 is 46.5 Å². The first-order valence-corrected chi connectivity index (χ1v) is 9.23. The first kappa shape index (κ1) is 20.6. The van der Waals surface area contributed by atoms with E-state index in [9.17, 15) is 32.3 Å². The number of aromatic carboxylic acids is 1. The highest BCUT2D eigenvalue weighted by atomic mass is 127. The van der Waals surface area contributed by atoms with Crippen molar-refractivity contribution in [2.75, 3.05) is 0 Å². The van der Waals surface area contributed by atoms with Crippen molar-refractivity contribution < 1.29 is 37.0 Å². The second-order valence-corrected chi connectivity index (χ2v) is 7.87. The standard InChI is InChI=1S/C14H3F4I3O4/c15-7-6(13(22)23)8(16)10(18)12(9(7)17)25-14(24)4-1-3(19)2-5(20)11(4)21/h1-2H,(H,22,23)/p-1. The monoisotopic (exact) mass is 691 g/mol. The van der Waals surface area contributed by atoms with E-state index in [1.54, 1.807) is 28.7 Å². The van der Waals surface area contributed by atoms with E-state index in [4.69, 9.17) is 0 Å². The SMILES string of the molecule is O=C(Oc1c(F)c(F)c(C(=O)[O-])c(F)c1F)c1cc(I)cc(I)c1I. The molecular formula is C14H2F4I3O4-. The summed E-state index contributed by atoms with van der Waals surface area (Å²) in [6.45, 7) is 0. The second kappa shape index (κ2) is 7.89. The Morgan fingerprint density at radius 1 is 0.920 bits per heavy atom. The number of carbonyl (C=O) groups excluding carboxylic acids is 2. The average Bonchev–Trinajstić information content (AvgIpc) is 2.52. The van der Waals surface area contributed by atoms with Gasteiger partial charge in [-0.2, -0.15) is 8.78 Å². The lowest BCUT2D eigenvalue weighted by Crippen LogP contribution is -2.27. The van der Waals surface area contributed by atoms with Crippen molar-refractivity contribution in [1.29, 1.82) is 0 Å². The first-order valence-electron chi connectivity index (χ1n) is 6.00. The predicted octanol–water partition coefficient (Wildman–Crippen LogP) is 3.64. The molecule has 0 heterocycles. The number of halogens is 7. The highest BCUT2D eigenvalue weighted by Gasteiger charge is 2.29. The van der Waals surface area contributed by atoms with Gasteiger partial charge in [0.05, 0.1) is 17.1 Å². The molecule has 0 saturated heterocycles. The number of carboxylic acid groups (broad SMARTS) is 1. The number of benzene rings is 2. The highest BCUT2D eigenvalue weighted by molar-refractivity contribution is 14.1. The number of rotatable bonds is 3. The van der Waals surface area contributed by atoms with Gasteiger partial charge >= 0.3 is 5.97 Å². The third-order valence-electron chi connectivity index (χ3n) is 2.83. The van der Waals surface area contributed by atoms with Crippen LogP contribution < -0.4 is 9.84 Å². The largest absolute Gasteiger partial charge is 0.545 e. The summed E-state index contributed by atoms with van der Waals surface area (Å²) >= 11 is 5.60. The first-order chi connectivity index (χ1) is 11.6. The van der Waals surface area contributed by atoms with Gasteiger partial charge in [0.25, 0.3) is 0 Å². The number of ether oxygens (including phenoxy) is 1. The van der Waals surface area contributed by atoms with Crippen molar-refractivity contribution in [2.24, 2.45) is 0 Å². The molecule has 0 aliphatic rings. The van der Waals surface area contributed by atoms with Gasteiger partial charge in [0, 0.05) is 10.7 Å². The van der Waals surface area contributed by atoms with Crippen LogP contribution in [-0.4, -0.2) is 11.9 Å². The maximum atomic E-state index is 13.8. The Morgan fingerprint density at radius 3 is 1.92 bits per heavy atom. The zero-order valence-corrected chi connectivity index (χ0v) is 17.9. The molecule has 0 aromatic heterocycles. The average molecular weight is 691 g/mol. The molecule has 25 heavy (non-hydrogen) atoms. The number of carbonyl (C=O) groups is 2. The highest BCUT2D eigenvalue weighted by Crippen LogP contribution is 2.31. The molecule has 0 amide bonds. The van der Waals surface area contributed by atoms with Crippen LogP contribution in [0.1, 0.15) is 20.7 Å². The van der Waals surface area contributed by atoms with Gasteiger partial charge in [0.2, 0.25) is 17.4 Å². The molecule has 2 aromatic rings. The molecular weight excluding hydrogens is 689 g/mol. The number of carboxylic acids is 1. The summed E-state index contributed by atoms with van der Waals surface area (Å²) in [4.78, 5) is 22.7. The number of hydrogen-bond acceptors (Lipinski definition) is 4. The molecule has 0 aliphatic heterocycles. The molecule has 0 fully saturated rings. The Kier molecular flexibility index (Phi) is 6.50. The molecule has 0 N–H and O–H groups in total. The van der Waals surface area contributed by atoms with Crippen LogP contribution >= 0.6 is 67.8 Å². The van der Waals surface area contributed by atoms with Crippen LogP contribution in [0.4, 0.5) is 17.6 Å². The van der Waals surface area contributed by atoms with E-state index in [2.05, 4.69) is 4.74 Å². The summed E-state index contributed by atoms with van der Waals surface area (Å²) in [5.41, 5.74) is -2.01. The summed E-state index contributed by atoms with van der Waals surface area (Å²) in [5.74, 6) is -14.1. The smallest absolute Gasteiger partial charge is 0.344 e. The summed E-state index contributed by atoms with van der Waals surface area (Å²) in [6.07, 6.45) is 0. The Bertz CT molecular complexity index is 889. The van der Waals surface area contributed by atoms with E-state index in [1.807, 2.05) is 45.2 Å². The maximum Gasteiger partial charge on any atom is 0.344 e. The van der Waals surface area contributed by atoms with Crippen LogP contribution in [0.15, 0.2) is 12.1 Å².